The van der Waals surface area contributed by atoms with E-state index in [1.54, 1.807) is 29.4 Å². The molecule has 1 aromatic carbocycles. The van der Waals surface area contributed by atoms with Gasteiger partial charge in [-0.3, -0.25) is 14.0 Å². The molecule has 6 rings (SSSR count). The summed E-state index contributed by atoms with van der Waals surface area (Å²) in [5, 5.41) is 12.8. The lowest BCUT2D eigenvalue weighted by Gasteiger charge is -2.38. The number of nitrogens with one attached hydrogen (secondary N) is 1. The summed E-state index contributed by atoms with van der Waals surface area (Å²) in [6.07, 6.45) is 8.17. The average Bonchev–Trinajstić information content (AvgIpc) is 3.74. The van der Waals surface area contributed by atoms with Gasteiger partial charge in [-0.2, -0.15) is 0 Å². The number of rotatable bonds is 6. The highest BCUT2D eigenvalue weighted by Crippen LogP contribution is 2.40. The molecule has 0 bridgehead atoms. The molecule has 1 aliphatic heterocycles. The summed E-state index contributed by atoms with van der Waals surface area (Å²) in [5.74, 6) is 1.72. The van der Waals surface area contributed by atoms with Gasteiger partial charge in [-0.25, -0.2) is 15.0 Å². The van der Waals surface area contributed by atoms with Crippen LogP contribution in [0.2, 0.25) is 0 Å². The molecule has 4 heterocycles. The van der Waals surface area contributed by atoms with Crippen molar-refractivity contribution >= 4 is 29.0 Å². The molecule has 0 unspecified atom stereocenters. The number of benzene rings is 1. The Morgan fingerprint density at radius 3 is 2.52 bits per heavy atom. The summed E-state index contributed by atoms with van der Waals surface area (Å²) >= 11 is 0. The Balaban J connectivity index is 1.28. The van der Waals surface area contributed by atoms with Crippen LogP contribution in [0.3, 0.4) is 0 Å². The second-order valence-electron chi connectivity index (χ2n) is 10.9. The van der Waals surface area contributed by atoms with Crippen molar-refractivity contribution in [3.8, 4) is 11.3 Å². The van der Waals surface area contributed by atoms with Crippen LogP contribution < -0.4 is 11.1 Å². The number of carbonyl (C=O) groups is 2. The number of nitrogens with zero attached hydrogens (tertiary/aromatic N) is 5. The van der Waals surface area contributed by atoms with Crippen molar-refractivity contribution in [1.29, 1.82) is 0 Å². The Labute approximate surface area is 232 Å². The van der Waals surface area contributed by atoms with E-state index in [0.29, 0.717) is 40.9 Å². The van der Waals surface area contributed by atoms with E-state index in [4.69, 9.17) is 10.7 Å². The van der Waals surface area contributed by atoms with Crippen LogP contribution in [0.5, 0.6) is 0 Å². The van der Waals surface area contributed by atoms with Crippen LogP contribution in [0, 0.1) is 0 Å². The molecule has 2 amide bonds. The zero-order valence-corrected chi connectivity index (χ0v) is 22.6. The molecule has 206 valence electrons. The maximum atomic E-state index is 12.9. The van der Waals surface area contributed by atoms with Crippen LogP contribution in [-0.2, 0) is 4.79 Å². The van der Waals surface area contributed by atoms with Crippen LogP contribution in [0.25, 0.3) is 16.8 Å². The van der Waals surface area contributed by atoms with Gasteiger partial charge in [0.05, 0.1) is 0 Å². The number of amides is 2. The molecule has 0 radical (unpaired) electrons. The van der Waals surface area contributed by atoms with Gasteiger partial charge in [0.2, 0.25) is 0 Å². The Morgan fingerprint density at radius 1 is 1.05 bits per heavy atom. The number of imidazole rings is 1. The molecule has 2 fully saturated rings. The van der Waals surface area contributed by atoms with Crippen LogP contribution >= 0.6 is 0 Å². The van der Waals surface area contributed by atoms with E-state index in [1.807, 2.05) is 41.8 Å². The van der Waals surface area contributed by atoms with Crippen molar-refractivity contribution in [2.24, 2.45) is 0 Å². The molecule has 0 spiro atoms. The van der Waals surface area contributed by atoms with Gasteiger partial charge in [-0.15, -0.1) is 0 Å². The molecule has 1 aliphatic carbocycles. The smallest absolute Gasteiger partial charge is 0.256 e. The van der Waals surface area contributed by atoms with Gasteiger partial charge in [-0.1, -0.05) is 12.1 Å². The number of hydrogen-bond donors (Lipinski definition) is 3. The van der Waals surface area contributed by atoms with Crippen molar-refractivity contribution in [1.82, 2.24) is 24.3 Å². The van der Waals surface area contributed by atoms with E-state index in [2.05, 4.69) is 15.3 Å². The number of aromatic nitrogens is 4. The molecule has 10 nitrogen and oxygen atoms in total. The molecule has 4 aromatic rings. The van der Waals surface area contributed by atoms with Gasteiger partial charge in [0.1, 0.15) is 34.8 Å². The van der Waals surface area contributed by atoms with Gasteiger partial charge >= 0.3 is 0 Å². The van der Waals surface area contributed by atoms with Gasteiger partial charge in [-0.05, 0) is 75.3 Å². The zero-order valence-electron chi connectivity index (χ0n) is 22.6. The highest BCUT2D eigenvalue weighted by Gasteiger charge is 2.34. The molecule has 2 aliphatic rings. The topological polar surface area (TPSA) is 139 Å². The maximum Gasteiger partial charge on any atom is 0.256 e. The lowest BCUT2D eigenvalue weighted by Crippen LogP contribution is -2.48. The monoisotopic (exact) mass is 539 g/mol. The second kappa shape index (κ2) is 10.3. The Bertz CT molecular complexity index is 1580. The number of hydrogen-bond acceptors (Lipinski definition) is 7. The fourth-order valence-corrected chi connectivity index (χ4v) is 5.59. The van der Waals surface area contributed by atoms with Crippen LogP contribution in [0.1, 0.15) is 73.1 Å². The SMILES string of the molecule is C[C@H](O)C(=O)N1C[C@H](c2nc(-c3ccc(C(=O)Nc4cc(C5CC5)ccn4)cc3)c3c(N)nccn23)CC[C@@H]1C. The summed E-state index contributed by atoms with van der Waals surface area (Å²) < 4.78 is 1.95. The third-order valence-electron chi connectivity index (χ3n) is 7.99. The van der Waals surface area contributed by atoms with E-state index in [1.165, 1.54) is 25.3 Å². The first kappa shape index (κ1) is 25.9. The lowest BCUT2D eigenvalue weighted by molar-refractivity contribution is -0.143. The van der Waals surface area contributed by atoms with E-state index in [-0.39, 0.29) is 23.8 Å². The molecular formula is C30H33N7O3. The Kier molecular flexibility index (Phi) is 6.71. The highest BCUT2D eigenvalue weighted by atomic mass is 16.3. The van der Waals surface area contributed by atoms with E-state index in [9.17, 15) is 14.7 Å². The zero-order chi connectivity index (χ0) is 28.0. The first-order chi connectivity index (χ1) is 19.3. The fourth-order valence-electron chi connectivity index (χ4n) is 5.59. The minimum absolute atomic E-state index is 0.0362. The largest absolute Gasteiger partial charge is 0.384 e. The van der Waals surface area contributed by atoms with Crippen LogP contribution in [-0.4, -0.2) is 59.9 Å². The first-order valence-electron chi connectivity index (χ1n) is 13.8. The standard InChI is InChI=1S/C30H33N7O3/c1-17-3-4-23(16-37(17)30(40)18(2)38)28-35-25(26-27(31)33-13-14-36(26)28)20-7-9-21(10-8-20)29(39)34-24-15-22(11-12-32-24)19-5-6-19/h7-15,17-19,23,38H,3-6,16H2,1-2H3,(H2,31,33)(H,32,34,39)/t17-,18-,23+/m0/s1. The number of pyridine rings is 1. The summed E-state index contributed by atoms with van der Waals surface area (Å²) in [7, 11) is 0. The molecule has 4 N–H and O–H groups in total. The van der Waals surface area contributed by atoms with Crippen molar-refractivity contribution in [3.05, 3.63) is 71.9 Å². The van der Waals surface area contributed by atoms with E-state index in [0.717, 1.165) is 24.2 Å². The summed E-state index contributed by atoms with van der Waals surface area (Å²) in [5.41, 5.74) is 10.2. The molecule has 1 saturated carbocycles. The van der Waals surface area contributed by atoms with Crippen molar-refractivity contribution in [2.75, 3.05) is 17.6 Å². The van der Waals surface area contributed by atoms with Crippen LogP contribution in [0.15, 0.2) is 55.0 Å². The minimum Gasteiger partial charge on any atom is -0.384 e. The molecular weight excluding hydrogens is 506 g/mol. The molecule has 1 saturated heterocycles. The lowest BCUT2D eigenvalue weighted by atomic mass is 9.92. The number of likely N-dealkylation sites (tertiary alicyclic amines) is 1. The number of aliphatic hydroxyl groups excluding tert-OH is 1. The third kappa shape index (κ3) is 4.90. The molecule has 40 heavy (non-hydrogen) atoms. The first-order valence-corrected chi connectivity index (χ1v) is 13.8. The van der Waals surface area contributed by atoms with Gasteiger partial charge < -0.3 is 21.1 Å². The van der Waals surface area contributed by atoms with Gasteiger partial charge in [0.25, 0.3) is 11.8 Å². The number of nitrogens with two attached hydrogens (primary N) is 1. The fraction of sp³-hybridized carbons (Fsp3) is 0.367. The van der Waals surface area contributed by atoms with Gasteiger partial charge in [0.15, 0.2) is 0 Å². The summed E-state index contributed by atoms with van der Waals surface area (Å²) in [6.45, 7) is 3.96. The highest BCUT2D eigenvalue weighted by molar-refractivity contribution is 6.04. The van der Waals surface area contributed by atoms with Crippen LogP contribution in [0.4, 0.5) is 11.6 Å². The second-order valence-corrected chi connectivity index (χ2v) is 10.9. The van der Waals surface area contributed by atoms with E-state index < -0.39 is 6.10 Å². The number of piperidine rings is 1. The third-order valence-corrected chi connectivity index (χ3v) is 7.99. The predicted molar refractivity (Wildman–Crippen MR) is 152 cm³/mol. The molecule has 3 atom stereocenters. The maximum absolute atomic E-state index is 12.9. The average molecular weight is 540 g/mol. The number of nitrogen functional groups attached to an aromatic ring is 1. The van der Waals surface area contributed by atoms with Crippen molar-refractivity contribution in [3.63, 3.8) is 0 Å². The quantitative estimate of drug-likeness (QED) is 0.337. The van der Waals surface area contributed by atoms with Gasteiger partial charge in [0, 0.05) is 48.2 Å². The molecule has 10 heteroatoms. The Hall–Kier alpha value is -4.31. The van der Waals surface area contributed by atoms with Crippen molar-refractivity contribution in [2.45, 2.75) is 63.5 Å². The minimum atomic E-state index is -1.05. The number of anilines is 2. The molecule has 3 aromatic heterocycles. The summed E-state index contributed by atoms with van der Waals surface area (Å²) in [6, 6.07) is 11.2. The number of aliphatic hydroxyl groups is 1. The van der Waals surface area contributed by atoms with E-state index >= 15 is 0 Å². The number of fused-ring (bicyclic) bond motifs is 1. The number of carbonyl (C=O) groups excluding carboxylic acids is 2. The normalized spacial score (nSPS) is 19.9. The summed E-state index contributed by atoms with van der Waals surface area (Å²) in [4.78, 5) is 41.0. The predicted octanol–water partition coefficient (Wildman–Crippen LogP) is 3.98. The van der Waals surface area contributed by atoms with Crippen molar-refractivity contribution < 1.29 is 14.7 Å². The Morgan fingerprint density at radius 2 is 1.80 bits per heavy atom.